The Bertz CT molecular complexity index is 479. The van der Waals surface area contributed by atoms with Crippen molar-refractivity contribution in [1.82, 2.24) is 20.2 Å². The van der Waals surface area contributed by atoms with E-state index in [9.17, 15) is 9.59 Å². The summed E-state index contributed by atoms with van der Waals surface area (Å²) < 4.78 is 0. The normalized spacial score (nSPS) is 23.4. The summed E-state index contributed by atoms with van der Waals surface area (Å²) in [7, 11) is 0. The maximum atomic E-state index is 12.5. The summed E-state index contributed by atoms with van der Waals surface area (Å²) in [5, 5.41) is 3.44. The van der Waals surface area contributed by atoms with Crippen molar-refractivity contribution in [3.05, 3.63) is 28.4 Å². The number of aromatic amines is 1. The third-order valence-corrected chi connectivity index (χ3v) is 3.62. The van der Waals surface area contributed by atoms with E-state index in [0.29, 0.717) is 18.3 Å². The average Bonchev–Trinajstić information content (AvgIpc) is 2.46. The molecular formula is C13H20N4O2. The molecule has 1 fully saturated rings. The Morgan fingerprint density at radius 2 is 2.26 bits per heavy atom. The van der Waals surface area contributed by atoms with Gasteiger partial charge in [0.05, 0.1) is 6.20 Å². The van der Waals surface area contributed by atoms with Crippen molar-refractivity contribution in [3.8, 4) is 0 Å². The van der Waals surface area contributed by atoms with E-state index in [1.807, 2.05) is 4.90 Å². The van der Waals surface area contributed by atoms with Gasteiger partial charge in [0.25, 0.3) is 11.5 Å². The number of piperazine rings is 1. The molecule has 0 aliphatic carbocycles. The van der Waals surface area contributed by atoms with Crippen molar-refractivity contribution in [3.63, 3.8) is 0 Å². The van der Waals surface area contributed by atoms with Crippen LogP contribution in [0.15, 0.2) is 17.2 Å². The van der Waals surface area contributed by atoms with Crippen molar-refractivity contribution in [2.75, 3.05) is 13.1 Å². The Balaban J connectivity index is 2.18. The highest BCUT2D eigenvalue weighted by Crippen LogP contribution is 2.14. The van der Waals surface area contributed by atoms with Crippen LogP contribution in [0, 0.1) is 0 Å². The molecule has 0 radical (unpaired) electrons. The summed E-state index contributed by atoms with van der Waals surface area (Å²) in [4.78, 5) is 31.7. The van der Waals surface area contributed by atoms with Crippen LogP contribution in [-0.4, -0.2) is 45.9 Å². The average molecular weight is 264 g/mol. The fourth-order valence-electron chi connectivity index (χ4n) is 2.36. The van der Waals surface area contributed by atoms with Gasteiger partial charge in [0.2, 0.25) is 0 Å². The molecule has 104 valence electrons. The fourth-order valence-corrected chi connectivity index (χ4v) is 2.36. The molecule has 2 atom stereocenters. The van der Waals surface area contributed by atoms with Crippen LogP contribution in [0.4, 0.5) is 0 Å². The number of hydrogen-bond donors (Lipinski definition) is 2. The second-order valence-electron chi connectivity index (χ2n) is 4.83. The molecule has 0 saturated carbocycles. The minimum absolute atomic E-state index is 0.108. The number of carbonyl (C=O) groups is 1. The third kappa shape index (κ3) is 3.01. The Hall–Kier alpha value is -1.69. The smallest absolute Gasteiger partial charge is 0.274 e. The lowest BCUT2D eigenvalue weighted by Crippen LogP contribution is -2.58. The predicted octanol–water partition coefficient (Wildman–Crippen LogP) is 0.372. The van der Waals surface area contributed by atoms with E-state index in [1.54, 1.807) is 0 Å². The van der Waals surface area contributed by atoms with Gasteiger partial charge in [-0.1, -0.05) is 13.8 Å². The highest BCUT2D eigenvalue weighted by molar-refractivity contribution is 5.92. The second kappa shape index (κ2) is 5.97. The summed E-state index contributed by atoms with van der Waals surface area (Å²) >= 11 is 0. The molecule has 0 aromatic carbocycles. The lowest BCUT2D eigenvalue weighted by Gasteiger charge is -2.39. The summed E-state index contributed by atoms with van der Waals surface area (Å²) in [5.74, 6) is -0.108. The minimum Gasteiger partial charge on any atom is -0.331 e. The molecule has 2 rings (SSSR count). The molecule has 1 amide bonds. The summed E-state index contributed by atoms with van der Waals surface area (Å²) in [6.45, 7) is 5.67. The number of amides is 1. The van der Waals surface area contributed by atoms with Gasteiger partial charge in [-0.15, -0.1) is 0 Å². The number of nitrogens with zero attached hydrogens (tertiary/aromatic N) is 2. The highest BCUT2D eigenvalue weighted by Gasteiger charge is 2.30. The molecule has 19 heavy (non-hydrogen) atoms. The number of hydrogen-bond acceptors (Lipinski definition) is 4. The molecule has 1 aromatic rings. The van der Waals surface area contributed by atoms with E-state index in [0.717, 1.165) is 25.6 Å². The first-order chi connectivity index (χ1) is 9.15. The summed E-state index contributed by atoms with van der Waals surface area (Å²) in [6, 6.07) is 0.513. The molecule has 1 aliphatic heterocycles. The van der Waals surface area contributed by atoms with Gasteiger partial charge in [0.15, 0.2) is 0 Å². The van der Waals surface area contributed by atoms with Crippen LogP contribution in [0.25, 0.3) is 0 Å². The largest absolute Gasteiger partial charge is 0.331 e. The first-order valence-electron chi connectivity index (χ1n) is 6.74. The van der Waals surface area contributed by atoms with Crippen LogP contribution >= 0.6 is 0 Å². The maximum absolute atomic E-state index is 12.5. The first-order valence-corrected chi connectivity index (χ1v) is 6.74. The third-order valence-electron chi connectivity index (χ3n) is 3.62. The van der Waals surface area contributed by atoms with Crippen LogP contribution in [0.3, 0.4) is 0 Å². The van der Waals surface area contributed by atoms with Crippen LogP contribution in [-0.2, 0) is 0 Å². The summed E-state index contributed by atoms with van der Waals surface area (Å²) in [6.07, 6.45) is 4.42. The molecule has 2 N–H and O–H groups in total. The number of carbonyl (C=O) groups excluding carboxylic acids is 1. The van der Waals surface area contributed by atoms with Crippen molar-refractivity contribution < 1.29 is 4.79 Å². The number of aromatic nitrogens is 2. The highest BCUT2D eigenvalue weighted by atomic mass is 16.2. The topological polar surface area (TPSA) is 78.1 Å². The van der Waals surface area contributed by atoms with Crippen molar-refractivity contribution in [2.45, 2.75) is 38.8 Å². The Kier molecular flexibility index (Phi) is 4.31. The van der Waals surface area contributed by atoms with E-state index < -0.39 is 0 Å². The van der Waals surface area contributed by atoms with Crippen LogP contribution in [0.1, 0.15) is 37.2 Å². The molecule has 0 spiro atoms. The van der Waals surface area contributed by atoms with Gasteiger partial charge in [-0.25, -0.2) is 4.98 Å². The molecule has 6 heteroatoms. The fraction of sp³-hybridized carbons (Fsp3) is 0.615. The van der Waals surface area contributed by atoms with E-state index in [1.165, 1.54) is 6.20 Å². The number of rotatable bonds is 3. The zero-order valence-electron chi connectivity index (χ0n) is 11.3. The second-order valence-corrected chi connectivity index (χ2v) is 4.83. The standard InChI is InChI=1S/C13H20N4O2/c1-3-9-8-17(10(4-2)5-14-9)13(19)11-6-16-12(18)7-15-11/h6-7,9-10,14H,3-5,8H2,1-2H3,(H,16,18). The molecule has 1 saturated heterocycles. The zero-order valence-corrected chi connectivity index (χ0v) is 11.3. The van der Waals surface area contributed by atoms with Crippen LogP contribution in [0.2, 0.25) is 0 Å². The predicted molar refractivity (Wildman–Crippen MR) is 72.1 cm³/mol. The Morgan fingerprint density at radius 1 is 1.47 bits per heavy atom. The molecular weight excluding hydrogens is 244 g/mol. The number of nitrogens with one attached hydrogen (secondary N) is 2. The zero-order chi connectivity index (χ0) is 13.8. The van der Waals surface area contributed by atoms with Gasteiger partial charge in [0, 0.05) is 31.4 Å². The molecule has 0 bridgehead atoms. The summed E-state index contributed by atoms with van der Waals surface area (Å²) in [5.41, 5.74) is 0.00476. The van der Waals surface area contributed by atoms with Gasteiger partial charge >= 0.3 is 0 Å². The van der Waals surface area contributed by atoms with Crippen molar-refractivity contribution in [2.24, 2.45) is 0 Å². The quantitative estimate of drug-likeness (QED) is 0.827. The molecule has 1 aromatic heterocycles. The van der Waals surface area contributed by atoms with E-state index in [-0.39, 0.29) is 17.5 Å². The van der Waals surface area contributed by atoms with Gasteiger partial charge in [0.1, 0.15) is 5.69 Å². The molecule has 2 heterocycles. The minimum atomic E-state index is -0.296. The Labute approximate surface area is 112 Å². The lowest BCUT2D eigenvalue weighted by atomic mass is 10.0. The van der Waals surface area contributed by atoms with E-state index >= 15 is 0 Å². The number of H-pyrrole nitrogens is 1. The lowest BCUT2D eigenvalue weighted by molar-refractivity contribution is 0.0569. The van der Waals surface area contributed by atoms with E-state index in [2.05, 4.69) is 29.1 Å². The van der Waals surface area contributed by atoms with Crippen LogP contribution < -0.4 is 10.9 Å². The van der Waals surface area contributed by atoms with E-state index in [4.69, 9.17) is 0 Å². The van der Waals surface area contributed by atoms with Crippen LogP contribution in [0.5, 0.6) is 0 Å². The maximum Gasteiger partial charge on any atom is 0.274 e. The van der Waals surface area contributed by atoms with Crippen molar-refractivity contribution >= 4 is 5.91 Å². The van der Waals surface area contributed by atoms with Gasteiger partial charge < -0.3 is 15.2 Å². The molecule has 2 unspecified atom stereocenters. The SMILES string of the molecule is CCC1CN(C(=O)c2c[nH]c(=O)cn2)C(CC)CN1. The van der Waals surface area contributed by atoms with Gasteiger partial charge in [-0.05, 0) is 12.8 Å². The molecule has 1 aliphatic rings. The van der Waals surface area contributed by atoms with Crippen molar-refractivity contribution in [1.29, 1.82) is 0 Å². The van der Waals surface area contributed by atoms with Gasteiger partial charge in [-0.3, -0.25) is 9.59 Å². The molecule has 6 nitrogen and oxygen atoms in total. The van der Waals surface area contributed by atoms with Gasteiger partial charge in [-0.2, -0.15) is 0 Å². The monoisotopic (exact) mass is 264 g/mol. The first kappa shape index (κ1) is 13.7. The Morgan fingerprint density at radius 3 is 2.84 bits per heavy atom.